The normalized spacial score (nSPS) is 18.3. The number of fused-ring (bicyclic) bond motifs is 1. The number of rotatable bonds is 13. The van der Waals surface area contributed by atoms with Crippen molar-refractivity contribution in [3.8, 4) is 11.8 Å². The molecule has 2 fully saturated rings. The number of nitrogens with zero attached hydrogens (tertiary/aromatic N) is 5. The monoisotopic (exact) mass is 770 g/mol. The molecule has 3 atom stereocenters. The minimum atomic E-state index is -3.12. The van der Waals surface area contributed by atoms with Crippen LogP contribution >= 0.6 is 0 Å². The van der Waals surface area contributed by atoms with E-state index in [1.165, 1.54) is 6.20 Å². The summed E-state index contributed by atoms with van der Waals surface area (Å²) in [4.78, 5) is 77.4. The summed E-state index contributed by atoms with van der Waals surface area (Å²) in [5.74, 6) is -4.60. The fraction of sp³-hybridized carbons (Fsp3) is 0.615. The van der Waals surface area contributed by atoms with E-state index in [0.717, 1.165) is 17.9 Å². The Kier molecular flexibility index (Phi) is 15.5. The Balaban J connectivity index is 0.00000262. The van der Waals surface area contributed by atoms with Gasteiger partial charge in [-0.05, 0) is 63.3 Å². The predicted molar refractivity (Wildman–Crippen MR) is 196 cm³/mol. The molecule has 2 aliphatic heterocycles. The van der Waals surface area contributed by atoms with Gasteiger partial charge in [0.05, 0.1) is 36.7 Å². The lowest BCUT2D eigenvalue weighted by Crippen LogP contribution is -2.54. The van der Waals surface area contributed by atoms with Crippen LogP contribution in [0.2, 0.25) is 0 Å². The van der Waals surface area contributed by atoms with Crippen molar-refractivity contribution in [3.63, 3.8) is 0 Å². The topological polar surface area (TPSA) is 193 Å². The summed E-state index contributed by atoms with van der Waals surface area (Å²) >= 11 is 0. The second kappa shape index (κ2) is 19.2. The van der Waals surface area contributed by atoms with Gasteiger partial charge in [0, 0.05) is 69.1 Å². The minimum absolute atomic E-state index is 0.167. The molecule has 2 saturated heterocycles. The lowest BCUT2D eigenvalue weighted by atomic mass is 9.77. The molecule has 2 N–H and O–H groups in total. The third-order valence-electron chi connectivity index (χ3n) is 9.43. The number of nitriles is 1. The first-order valence-electron chi connectivity index (χ1n) is 18.3. The van der Waals surface area contributed by atoms with Crippen LogP contribution in [-0.2, 0) is 28.7 Å². The number of likely N-dealkylation sites (tertiary alicyclic amines) is 1. The third kappa shape index (κ3) is 13.2. The Morgan fingerprint density at radius 1 is 1.04 bits per heavy atom. The van der Waals surface area contributed by atoms with Gasteiger partial charge in [-0.3, -0.25) is 29.1 Å². The fourth-order valence-electron chi connectivity index (χ4n) is 6.59. The Hall–Kier alpha value is -4.84. The molecule has 3 heterocycles. The highest BCUT2D eigenvalue weighted by Gasteiger charge is 2.47. The number of hydrogen-bond donors (Lipinski definition) is 1. The van der Waals surface area contributed by atoms with Gasteiger partial charge in [0.25, 0.3) is 5.92 Å². The smallest absolute Gasteiger partial charge is 0.373 e. The Morgan fingerprint density at radius 3 is 2.29 bits per heavy atom. The molecule has 2 aromatic rings. The average Bonchev–Trinajstić information content (AvgIpc) is 3.44. The van der Waals surface area contributed by atoms with Crippen LogP contribution in [0.15, 0.2) is 30.5 Å². The molecule has 0 aliphatic carbocycles. The van der Waals surface area contributed by atoms with Crippen molar-refractivity contribution in [1.82, 2.24) is 19.7 Å². The molecule has 0 saturated carbocycles. The van der Waals surface area contributed by atoms with E-state index in [1.54, 1.807) is 35.2 Å². The zero-order chi connectivity index (χ0) is 41.1. The van der Waals surface area contributed by atoms with E-state index in [-0.39, 0.29) is 43.1 Å². The van der Waals surface area contributed by atoms with Crippen molar-refractivity contribution in [1.29, 1.82) is 5.26 Å². The fourth-order valence-corrected chi connectivity index (χ4v) is 6.59. The van der Waals surface area contributed by atoms with Gasteiger partial charge in [0.2, 0.25) is 11.8 Å². The molecule has 4 rings (SSSR count). The summed E-state index contributed by atoms with van der Waals surface area (Å²) in [6.07, 6.45) is 1.49. The number of hydrogen-bond acceptors (Lipinski definition) is 12. The highest BCUT2D eigenvalue weighted by molar-refractivity contribution is 6.08. The molecule has 300 valence electrons. The minimum Gasteiger partial charge on any atom is -0.494 e. The number of aromatic nitrogens is 1. The molecule has 2 amide bonds. The quantitative estimate of drug-likeness (QED) is 0.175. The highest BCUT2D eigenvalue weighted by Crippen LogP contribution is 2.34. The number of ketones is 1. The van der Waals surface area contributed by atoms with E-state index < -0.39 is 53.8 Å². The first kappa shape index (κ1) is 44.6. The van der Waals surface area contributed by atoms with Gasteiger partial charge in [-0.25, -0.2) is 8.78 Å². The standard InChI is InChI=1S/C38H52F2N6O6.CO2/c1-36(2,3)29(35(50)52-37(4,5)6)21-30(42)34(49)45-17-15-44(16-18-45)14-7-19-51-26-8-9-31-28(20-26)27(12-13-43-31)32(47)10-11-33(48)46-24-38(39,40)22-25(46)23-41;2-1-3/h8-9,12-13,20,25,29-30H,7,10-11,14-19,21-22,24,42H2,1-6H3;/t25-,29?,30-;/m0./s1. The van der Waals surface area contributed by atoms with Crippen LogP contribution in [0.3, 0.4) is 0 Å². The molecular formula is C39H52F2N6O8. The maximum atomic E-state index is 13.8. The molecule has 1 aromatic carbocycles. The van der Waals surface area contributed by atoms with Crippen LogP contribution in [-0.4, -0.2) is 119 Å². The van der Waals surface area contributed by atoms with Crippen molar-refractivity contribution < 1.29 is 47.0 Å². The number of carbonyl (C=O) groups excluding carboxylic acids is 6. The van der Waals surface area contributed by atoms with Crippen LogP contribution in [0.25, 0.3) is 10.9 Å². The van der Waals surface area contributed by atoms with Crippen LogP contribution < -0.4 is 10.5 Å². The first-order chi connectivity index (χ1) is 25.7. The molecule has 0 radical (unpaired) electrons. The number of ether oxygens (including phenoxy) is 2. The van der Waals surface area contributed by atoms with Crippen molar-refractivity contribution in [2.45, 2.75) is 97.3 Å². The maximum Gasteiger partial charge on any atom is 0.373 e. The summed E-state index contributed by atoms with van der Waals surface area (Å²) in [7, 11) is 0. The zero-order valence-corrected chi connectivity index (χ0v) is 32.4. The Labute approximate surface area is 320 Å². The number of alkyl halides is 2. The summed E-state index contributed by atoms with van der Waals surface area (Å²) in [6, 6.07) is 6.53. The van der Waals surface area contributed by atoms with Crippen LogP contribution in [0, 0.1) is 22.7 Å². The van der Waals surface area contributed by atoms with Crippen molar-refractivity contribution in [2.75, 3.05) is 45.9 Å². The number of carbonyl (C=O) groups is 4. The van der Waals surface area contributed by atoms with Gasteiger partial charge >= 0.3 is 12.1 Å². The molecule has 16 heteroatoms. The number of halogens is 2. The SMILES string of the molecule is CC(C)(C)OC(=O)C(C[C@H](N)C(=O)N1CCN(CCCOc2ccc3nccc(C(=O)CCC(=O)N4CC(F)(F)C[C@H]4C#N)c3c2)CC1)C(C)(C)C.O=C=O. The molecule has 0 bridgehead atoms. The van der Waals surface area contributed by atoms with E-state index in [9.17, 15) is 33.2 Å². The van der Waals surface area contributed by atoms with Crippen molar-refractivity contribution in [3.05, 3.63) is 36.0 Å². The zero-order valence-electron chi connectivity index (χ0n) is 32.4. The van der Waals surface area contributed by atoms with Gasteiger partial charge in [-0.1, -0.05) is 20.8 Å². The molecule has 0 spiro atoms. The van der Waals surface area contributed by atoms with Gasteiger partial charge < -0.3 is 25.0 Å². The number of nitrogens with two attached hydrogens (primary N) is 1. The lowest BCUT2D eigenvalue weighted by Gasteiger charge is -2.37. The van der Waals surface area contributed by atoms with Gasteiger partial charge in [-0.2, -0.15) is 14.9 Å². The molecule has 14 nitrogen and oxygen atoms in total. The number of esters is 1. The molecular weight excluding hydrogens is 718 g/mol. The summed E-state index contributed by atoms with van der Waals surface area (Å²) in [5.41, 5.74) is 6.22. The van der Waals surface area contributed by atoms with E-state index in [1.807, 2.05) is 41.5 Å². The Morgan fingerprint density at radius 2 is 1.69 bits per heavy atom. The van der Waals surface area contributed by atoms with Crippen molar-refractivity contribution >= 4 is 40.6 Å². The lowest BCUT2D eigenvalue weighted by molar-refractivity contribution is -0.191. The molecule has 2 aliphatic rings. The summed E-state index contributed by atoms with van der Waals surface area (Å²) in [6.45, 7) is 14.1. The van der Waals surface area contributed by atoms with E-state index in [4.69, 9.17) is 24.8 Å². The molecule has 1 aromatic heterocycles. The first-order valence-corrected chi connectivity index (χ1v) is 18.3. The number of Topliss-reactive ketones (excluding diaryl/α,β-unsaturated/α-hetero) is 1. The third-order valence-corrected chi connectivity index (χ3v) is 9.43. The molecule has 55 heavy (non-hydrogen) atoms. The second-order valence-corrected chi connectivity index (χ2v) is 15.9. The number of benzene rings is 1. The predicted octanol–water partition coefficient (Wildman–Crippen LogP) is 4.01. The Bertz CT molecular complexity index is 1750. The maximum absolute atomic E-state index is 13.8. The van der Waals surface area contributed by atoms with Gasteiger partial charge in [0.15, 0.2) is 5.78 Å². The molecule has 1 unspecified atom stereocenters. The number of pyridine rings is 1. The van der Waals surface area contributed by atoms with E-state index in [2.05, 4.69) is 9.88 Å². The van der Waals surface area contributed by atoms with Crippen LogP contribution in [0.4, 0.5) is 8.78 Å². The average molecular weight is 771 g/mol. The largest absolute Gasteiger partial charge is 0.494 e. The van der Waals surface area contributed by atoms with Gasteiger partial charge in [-0.15, -0.1) is 0 Å². The van der Waals surface area contributed by atoms with E-state index in [0.29, 0.717) is 55.0 Å². The number of piperazine rings is 1. The second-order valence-electron chi connectivity index (χ2n) is 15.9. The highest BCUT2D eigenvalue weighted by atomic mass is 19.3. The summed E-state index contributed by atoms with van der Waals surface area (Å²) in [5, 5.41) is 9.74. The van der Waals surface area contributed by atoms with Crippen LogP contribution in [0.1, 0.15) is 84.0 Å². The van der Waals surface area contributed by atoms with Crippen molar-refractivity contribution in [2.24, 2.45) is 17.1 Å². The van der Waals surface area contributed by atoms with Crippen LogP contribution in [0.5, 0.6) is 5.75 Å². The summed E-state index contributed by atoms with van der Waals surface area (Å²) < 4.78 is 39.2. The van der Waals surface area contributed by atoms with E-state index >= 15 is 0 Å². The van der Waals surface area contributed by atoms with Gasteiger partial charge in [0.1, 0.15) is 17.4 Å². The number of amides is 2.